The van der Waals surface area contributed by atoms with E-state index in [1.54, 1.807) is 0 Å². The van der Waals surface area contributed by atoms with Crippen molar-refractivity contribution in [3.8, 4) is 5.69 Å². The Morgan fingerprint density at radius 3 is 2.17 bits per heavy atom. The number of rotatable bonds is 5. The SMILES string of the molecule is CS(=O)c1cn(-c2c(Cl)cc(C(F)(F)F)cc2Cl)nc1C=NO[Si](C)(C)C(C)(C)C. The molecule has 30 heavy (non-hydrogen) atoms. The molecule has 1 aromatic carbocycles. The van der Waals surface area contributed by atoms with Crippen molar-refractivity contribution in [3.05, 3.63) is 39.6 Å². The van der Waals surface area contributed by atoms with Gasteiger partial charge in [-0.2, -0.15) is 18.3 Å². The smallest absolute Gasteiger partial charge is 0.416 e. The second-order valence-electron chi connectivity index (χ2n) is 8.15. The lowest BCUT2D eigenvalue weighted by molar-refractivity contribution is -0.137. The largest absolute Gasteiger partial charge is 0.455 e. The summed E-state index contributed by atoms with van der Waals surface area (Å²) in [5, 5.41) is 7.73. The normalized spacial score (nSPS) is 14.4. The summed E-state index contributed by atoms with van der Waals surface area (Å²) in [5.41, 5.74) is -0.693. The van der Waals surface area contributed by atoms with Crippen LogP contribution >= 0.6 is 23.2 Å². The number of halogens is 5. The van der Waals surface area contributed by atoms with Crippen molar-refractivity contribution in [2.75, 3.05) is 6.26 Å². The molecule has 12 heteroatoms. The van der Waals surface area contributed by atoms with E-state index in [2.05, 4.69) is 31.0 Å². The van der Waals surface area contributed by atoms with Gasteiger partial charge in [0.15, 0.2) is 0 Å². The van der Waals surface area contributed by atoms with Crippen molar-refractivity contribution in [3.63, 3.8) is 0 Å². The average Bonchev–Trinajstić information content (AvgIpc) is 2.96. The standard InChI is InChI=1S/C18H22Cl2F3N3O2SSi/c1-17(2,3)30(5,6)28-24-9-14-15(29(4)27)10-26(25-14)16-12(19)7-11(8-13(16)20)18(21,22)23/h7-10H,1-6H3. The van der Waals surface area contributed by atoms with Crippen LogP contribution in [0.5, 0.6) is 0 Å². The molecule has 0 bridgehead atoms. The Morgan fingerprint density at radius 2 is 1.73 bits per heavy atom. The summed E-state index contributed by atoms with van der Waals surface area (Å²) in [6.45, 7) is 10.2. The molecule has 0 fully saturated rings. The van der Waals surface area contributed by atoms with E-state index in [9.17, 15) is 17.4 Å². The molecule has 0 saturated carbocycles. The molecular formula is C18H22Cl2F3N3O2SSi. The van der Waals surface area contributed by atoms with E-state index in [1.165, 1.54) is 23.3 Å². The van der Waals surface area contributed by atoms with E-state index in [0.29, 0.717) is 4.90 Å². The van der Waals surface area contributed by atoms with Gasteiger partial charge in [0.2, 0.25) is 0 Å². The number of oxime groups is 1. The second-order valence-corrected chi connectivity index (χ2v) is 15.0. The number of alkyl halides is 3. The van der Waals surface area contributed by atoms with Crippen LogP contribution in [0.1, 0.15) is 32.0 Å². The highest BCUT2D eigenvalue weighted by Gasteiger charge is 2.39. The zero-order valence-electron chi connectivity index (χ0n) is 17.3. The van der Waals surface area contributed by atoms with Gasteiger partial charge in [-0.25, -0.2) is 4.68 Å². The molecular weight excluding hydrogens is 478 g/mol. The molecule has 0 aliphatic heterocycles. The van der Waals surface area contributed by atoms with Crippen LogP contribution in [-0.4, -0.2) is 34.8 Å². The van der Waals surface area contributed by atoms with Gasteiger partial charge in [-0.05, 0) is 30.3 Å². The lowest BCUT2D eigenvalue weighted by Crippen LogP contribution is -2.39. The summed E-state index contributed by atoms with van der Waals surface area (Å²) in [6.07, 6.45) is -0.419. The van der Waals surface area contributed by atoms with Crippen molar-refractivity contribution < 1.29 is 21.9 Å². The first-order chi connectivity index (χ1) is 13.5. The molecule has 0 radical (unpaired) electrons. The first kappa shape index (κ1) is 24.9. The zero-order chi connectivity index (χ0) is 23.1. The third-order valence-electron chi connectivity index (χ3n) is 4.85. The summed E-state index contributed by atoms with van der Waals surface area (Å²) in [7, 11) is -3.61. The summed E-state index contributed by atoms with van der Waals surface area (Å²) in [6, 6.07) is 1.53. The third-order valence-corrected chi connectivity index (χ3v) is 10.5. The van der Waals surface area contributed by atoms with Crippen molar-refractivity contribution >= 4 is 48.5 Å². The first-order valence-corrected chi connectivity index (χ1v) is 14.0. The van der Waals surface area contributed by atoms with Crippen LogP contribution in [0.25, 0.3) is 5.69 Å². The minimum atomic E-state index is -4.59. The molecule has 0 aliphatic carbocycles. The fourth-order valence-corrected chi connectivity index (χ4v) is 3.98. The molecule has 5 nitrogen and oxygen atoms in total. The molecule has 0 N–H and O–H groups in total. The fourth-order valence-electron chi connectivity index (χ4n) is 2.09. The number of hydrogen-bond donors (Lipinski definition) is 0. The predicted molar refractivity (Wildman–Crippen MR) is 117 cm³/mol. The Hall–Kier alpha value is -1.36. The van der Waals surface area contributed by atoms with E-state index < -0.39 is 30.9 Å². The number of aromatic nitrogens is 2. The summed E-state index contributed by atoms with van der Waals surface area (Å²) < 4.78 is 58.0. The zero-order valence-corrected chi connectivity index (χ0v) is 20.6. The van der Waals surface area contributed by atoms with Gasteiger partial charge < -0.3 is 4.53 Å². The van der Waals surface area contributed by atoms with Crippen LogP contribution in [-0.2, 0) is 21.5 Å². The highest BCUT2D eigenvalue weighted by molar-refractivity contribution is 7.84. The highest BCUT2D eigenvalue weighted by atomic mass is 35.5. The van der Waals surface area contributed by atoms with Gasteiger partial charge in [0, 0.05) is 12.5 Å². The van der Waals surface area contributed by atoms with Crippen molar-refractivity contribution in [2.45, 2.75) is 50.0 Å². The summed E-state index contributed by atoms with van der Waals surface area (Å²) in [5.74, 6) is 0. The monoisotopic (exact) mass is 499 g/mol. The minimum absolute atomic E-state index is 0.0444. The Kier molecular flexibility index (Phi) is 7.17. The molecule has 0 aliphatic rings. The number of hydrogen-bond acceptors (Lipinski definition) is 4. The minimum Gasteiger partial charge on any atom is -0.455 e. The van der Waals surface area contributed by atoms with Gasteiger partial charge >= 0.3 is 6.18 Å². The Labute approximate surface area is 186 Å². The van der Waals surface area contributed by atoms with Gasteiger partial charge in [0.05, 0.1) is 37.5 Å². The third kappa shape index (κ3) is 5.46. The van der Waals surface area contributed by atoms with E-state index in [-0.39, 0.29) is 26.5 Å². The van der Waals surface area contributed by atoms with Gasteiger partial charge in [0.1, 0.15) is 11.4 Å². The van der Waals surface area contributed by atoms with Gasteiger partial charge in [-0.3, -0.25) is 4.21 Å². The Bertz CT molecular complexity index is 979. The van der Waals surface area contributed by atoms with Crippen molar-refractivity contribution in [1.29, 1.82) is 0 Å². The Balaban J connectivity index is 2.47. The van der Waals surface area contributed by atoms with E-state index in [1.807, 2.05) is 13.1 Å². The Morgan fingerprint density at radius 1 is 1.20 bits per heavy atom. The molecule has 1 atom stereocenters. The molecule has 2 aromatic rings. The fraction of sp³-hybridized carbons (Fsp3) is 0.444. The highest BCUT2D eigenvalue weighted by Crippen LogP contribution is 2.38. The average molecular weight is 500 g/mol. The van der Waals surface area contributed by atoms with Crippen LogP contribution in [0.3, 0.4) is 0 Å². The molecule has 1 heterocycles. The van der Waals surface area contributed by atoms with Crippen LogP contribution in [0.2, 0.25) is 28.2 Å². The maximum atomic E-state index is 13.0. The number of benzene rings is 1. The van der Waals surface area contributed by atoms with Gasteiger partial charge in [-0.15, -0.1) is 5.16 Å². The van der Waals surface area contributed by atoms with Crippen LogP contribution < -0.4 is 0 Å². The van der Waals surface area contributed by atoms with Crippen LogP contribution in [0.15, 0.2) is 28.4 Å². The maximum absolute atomic E-state index is 13.0. The van der Waals surface area contributed by atoms with Crippen molar-refractivity contribution in [2.24, 2.45) is 5.16 Å². The second kappa shape index (κ2) is 8.64. The lowest BCUT2D eigenvalue weighted by atomic mass is 10.2. The predicted octanol–water partition coefficient (Wildman–Crippen LogP) is 6.29. The van der Waals surface area contributed by atoms with Gasteiger partial charge in [-0.1, -0.05) is 44.0 Å². The molecule has 1 aromatic heterocycles. The summed E-state index contributed by atoms with van der Waals surface area (Å²) in [4.78, 5) is 0.310. The van der Waals surface area contributed by atoms with E-state index >= 15 is 0 Å². The first-order valence-electron chi connectivity index (χ1n) is 8.76. The number of nitrogens with zero attached hydrogens (tertiary/aromatic N) is 3. The lowest BCUT2D eigenvalue weighted by Gasteiger charge is -2.32. The van der Waals surface area contributed by atoms with E-state index in [4.69, 9.17) is 27.7 Å². The molecule has 1 unspecified atom stereocenters. The maximum Gasteiger partial charge on any atom is 0.416 e. The molecule has 0 saturated heterocycles. The van der Waals surface area contributed by atoms with Gasteiger partial charge in [0.25, 0.3) is 8.32 Å². The molecule has 0 amide bonds. The molecule has 166 valence electrons. The van der Waals surface area contributed by atoms with Crippen molar-refractivity contribution in [1.82, 2.24) is 9.78 Å². The van der Waals surface area contributed by atoms with Crippen LogP contribution in [0, 0.1) is 0 Å². The quantitative estimate of drug-likeness (QED) is 0.275. The molecule has 2 rings (SSSR count). The van der Waals surface area contributed by atoms with Crippen LogP contribution in [0.4, 0.5) is 13.2 Å². The summed E-state index contributed by atoms with van der Waals surface area (Å²) >= 11 is 12.1. The van der Waals surface area contributed by atoms with E-state index in [0.717, 1.165) is 12.1 Å². The molecule has 0 spiro atoms. The topological polar surface area (TPSA) is 56.5 Å².